The lowest BCUT2D eigenvalue weighted by atomic mass is 10.1. The molecule has 0 radical (unpaired) electrons. The maximum atomic E-state index is 13.8. The predicted octanol–water partition coefficient (Wildman–Crippen LogP) is 4.00. The smallest absolute Gasteiger partial charge is 0.234 e. The van der Waals surface area contributed by atoms with Crippen molar-refractivity contribution in [2.24, 2.45) is 0 Å². The Hall–Kier alpha value is -1.92. The molecule has 2 aromatic rings. The molecular weight excluding hydrogens is 342 g/mol. The molecule has 0 aliphatic rings. The van der Waals surface area contributed by atoms with Crippen molar-refractivity contribution in [1.82, 2.24) is 10.2 Å². The number of likely N-dealkylation sites (N-methyl/N-ethyl adjacent to an activating group) is 1. The highest BCUT2D eigenvalue weighted by molar-refractivity contribution is 7.98. The van der Waals surface area contributed by atoms with Gasteiger partial charge in [0.1, 0.15) is 11.6 Å². The molecule has 0 saturated heterocycles. The standard InChI is InChI=1S/C19H22F2N2OS/c1-13(17-9-6-15(20)10-18(17)21)22-19(24)12-23(2)11-14-4-7-16(25-3)8-5-14/h4-10,13H,11-12H2,1-3H3,(H,22,24)/t13-/m1/s1. The summed E-state index contributed by atoms with van der Waals surface area (Å²) in [6.07, 6.45) is 2.02. The fraction of sp³-hybridized carbons (Fsp3) is 0.316. The van der Waals surface area contributed by atoms with Gasteiger partial charge >= 0.3 is 0 Å². The van der Waals surface area contributed by atoms with Crippen molar-refractivity contribution in [1.29, 1.82) is 0 Å². The van der Waals surface area contributed by atoms with Crippen LogP contribution in [0.25, 0.3) is 0 Å². The first-order valence-electron chi connectivity index (χ1n) is 7.95. The van der Waals surface area contributed by atoms with Crippen molar-refractivity contribution < 1.29 is 13.6 Å². The van der Waals surface area contributed by atoms with Crippen LogP contribution in [0.2, 0.25) is 0 Å². The highest BCUT2D eigenvalue weighted by Gasteiger charge is 2.15. The van der Waals surface area contributed by atoms with Gasteiger partial charge in [0.05, 0.1) is 12.6 Å². The van der Waals surface area contributed by atoms with E-state index in [9.17, 15) is 13.6 Å². The molecule has 3 nitrogen and oxygen atoms in total. The first-order valence-corrected chi connectivity index (χ1v) is 9.17. The number of hydrogen-bond acceptors (Lipinski definition) is 3. The number of thioether (sulfide) groups is 1. The third-order valence-electron chi connectivity index (χ3n) is 3.83. The number of benzene rings is 2. The van der Waals surface area contributed by atoms with Crippen LogP contribution in [0.4, 0.5) is 8.78 Å². The summed E-state index contributed by atoms with van der Waals surface area (Å²) >= 11 is 1.68. The van der Waals surface area contributed by atoms with Gasteiger partial charge in [-0.1, -0.05) is 18.2 Å². The van der Waals surface area contributed by atoms with Crippen molar-refractivity contribution in [3.05, 3.63) is 65.2 Å². The summed E-state index contributed by atoms with van der Waals surface area (Å²) in [7, 11) is 1.85. The zero-order valence-electron chi connectivity index (χ0n) is 14.6. The maximum absolute atomic E-state index is 13.8. The van der Waals surface area contributed by atoms with Crippen LogP contribution in [0, 0.1) is 11.6 Å². The number of nitrogens with zero attached hydrogens (tertiary/aromatic N) is 1. The molecule has 1 atom stereocenters. The molecule has 2 rings (SSSR count). The normalized spacial score (nSPS) is 12.2. The van der Waals surface area contributed by atoms with Crippen molar-refractivity contribution >= 4 is 17.7 Å². The molecule has 0 aliphatic heterocycles. The summed E-state index contributed by atoms with van der Waals surface area (Å²) in [4.78, 5) is 15.2. The van der Waals surface area contributed by atoms with Crippen molar-refractivity contribution in [2.45, 2.75) is 24.4 Å². The Morgan fingerprint density at radius 1 is 1.20 bits per heavy atom. The minimum absolute atomic E-state index is 0.192. The van der Waals surface area contributed by atoms with Crippen LogP contribution >= 0.6 is 11.8 Å². The molecular formula is C19H22F2N2OS. The van der Waals surface area contributed by atoms with Gasteiger partial charge in [0.15, 0.2) is 0 Å². The number of hydrogen-bond donors (Lipinski definition) is 1. The van der Waals surface area contributed by atoms with Crippen molar-refractivity contribution in [3.8, 4) is 0 Å². The van der Waals surface area contributed by atoms with E-state index >= 15 is 0 Å². The largest absolute Gasteiger partial charge is 0.348 e. The molecule has 0 aliphatic carbocycles. The van der Waals surface area contributed by atoms with Gasteiger partial charge < -0.3 is 5.32 Å². The Labute approximate surface area is 151 Å². The molecule has 2 aromatic carbocycles. The Bertz CT molecular complexity index is 722. The second-order valence-corrected chi connectivity index (χ2v) is 6.86. The molecule has 25 heavy (non-hydrogen) atoms. The predicted molar refractivity (Wildman–Crippen MR) is 97.5 cm³/mol. The molecule has 0 aromatic heterocycles. The summed E-state index contributed by atoms with van der Waals surface area (Å²) < 4.78 is 26.7. The quantitative estimate of drug-likeness (QED) is 0.754. The lowest BCUT2D eigenvalue weighted by Crippen LogP contribution is -2.36. The third kappa shape index (κ3) is 5.83. The van der Waals surface area contributed by atoms with Crippen molar-refractivity contribution in [3.63, 3.8) is 0 Å². The van der Waals surface area contributed by atoms with E-state index in [2.05, 4.69) is 5.32 Å². The summed E-state index contributed by atoms with van der Waals surface area (Å²) in [6, 6.07) is 11.0. The number of carbonyl (C=O) groups excluding carboxylic acids is 1. The Balaban J connectivity index is 1.87. The Morgan fingerprint density at radius 2 is 1.88 bits per heavy atom. The van der Waals surface area contributed by atoms with Crippen LogP contribution in [0.3, 0.4) is 0 Å². The van der Waals surface area contributed by atoms with Crippen molar-refractivity contribution in [2.75, 3.05) is 19.8 Å². The minimum atomic E-state index is -0.657. The van der Waals surface area contributed by atoms with Gasteiger partial charge in [0, 0.05) is 23.1 Å². The molecule has 6 heteroatoms. The zero-order chi connectivity index (χ0) is 18.4. The van der Waals surface area contributed by atoms with Crippen LogP contribution in [-0.4, -0.2) is 30.7 Å². The summed E-state index contributed by atoms with van der Waals surface area (Å²) in [5.41, 5.74) is 1.38. The van der Waals surface area contributed by atoms with Gasteiger partial charge in [-0.3, -0.25) is 9.69 Å². The van der Waals surface area contributed by atoms with E-state index in [4.69, 9.17) is 0 Å². The lowest BCUT2D eigenvalue weighted by molar-refractivity contribution is -0.122. The van der Waals surface area contributed by atoms with Gasteiger partial charge in [-0.05, 0) is 44.0 Å². The van der Waals surface area contributed by atoms with Crippen LogP contribution in [0.1, 0.15) is 24.1 Å². The molecule has 1 amide bonds. The van der Waals surface area contributed by atoms with E-state index < -0.39 is 17.7 Å². The van der Waals surface area contributed by atoms with E-state index in [1.165, 1.54) is 17.0 Å². The minimum Gasteiger partial charge on any atom is -0.348 e. The molecule has 0 heterocycles. The summed E-state index contributed by atoms with van der Waals surface area (Å²) in [6.45, 7) is 2.51. The first kappa shape index (κ1) is 19.4. The number of amides is 1. The van der Waals surface area contributed by atoms with Gasteiger partial charge in [-0.25, -0.2) is 8.78 Å². The monoisotopic (exact) mass is 364 g/mol. The molecule has 0 saturated carbocycles. The topological polar surface area (TPSA) is 32.3 Å². The highest BCUT2D eigenvalue weighted by atomic mass is 32.2. The second kappa shape index (κ2) is 8.97. The van der Waals surface area contributed by atoms with Crippen LogP contribution < -0.4 is 5.32 Å². The third-order valence-corrected chi connectivity index (χ3v) is 4.58. The molecule has 0 spiro atoms. The van der Waals surface area contributed by atoms with Crippen LogP contribution in [0.5, 0.6) is 0 Å². The molecule has 0 fully saturated rings. The summed E-state index contributed by atoms with van der Waals surface area (Å²) in [5, 5.41) is 2.75. The lowest BCUT2D eigenvalue weighted by Gasteiger charge is -2.19. The van der Waals surface area contributed by atoms with E-state index in [0.717, 1.165) is 11.6 Å². The fourth-order valence-corrected chi connectivity index (χ4v) is 2.97. The fourth-order valence-electron chi connectivity index (χ4n) is 2.56. The number of nitrogens with one attached hydrogen (secondary N) is 1. The Morgan fingerprint density at radius 3 is 2.48 bits per heavy atom. The van der Waals surface area contributed by atoms with Crippen LogP contribution in [-0.2, 0) is 11.3 Å². The maximum Gasteiger partial charge on any atom is 0.234 e. The van der Waals surface area contributed by atoms with E-state index in [1.54, 1.807) is 18.7 Å². The van der Waals surface area contributed by atoms with Crippen LogP contribution in [0.15, 0.2) is 47.4 Å². The van der Waals surface area contributed by atoms with E-state index in [0.29, 0.717) is 6.54 Å². The highest BCUT2D eigenvalue weighted by Crippen LogP contribution is 2.18. The van der Waals surface area contributed by atoms with E-state index in [-0.39, 0.29) is 18.0 Å². The summed E-state index contributed by atoms with van der Waals surface area (Å²) in [5.74, 6) is -1.50. The van der Waals surface area contributed by atoms with Gasteiger partial charge in [0.2, 0.25) is 5.91 Å². The SMILES string of the molecule is CSc1ccc(CN(C)CC(=O)N[C@H](C)c2ccc(F)cc2F)cc1. The van der Waals surface area contributed by atoms with Gasteiger partial charge in [0.25, 0.3) is 0 Å². The Kier molecular flexibility index (Phi) is 6.96. The van der Waals surface area contributed by atoms with Gasteiger partial charge in [-0.15, -0.1) is 11.8 Å². The number of halogens is 2. The van der Waals surface area contributed by atoms with E-state index in [1.807, 2.05) is 42.5 Å². The number of carbonyl (C=O) groups is 1. The average Bonchev–Trinajstić information content (AvgIpc) is 2.55. The molecule has 1 N–H and O–H groups in total. The zero-order valence-corrected chi connectivity index (χ0v) is 15.4. The molecule has 134 valence electrons. The average molecular weight is 364 g/mol. The molecule has 0 unspecified atom stereocenters. The number of rotatable bonds is 7. The molecule has 0 bridgehead atoms. The second-order valence-electron chi connectivity index (χ2n) is 5.98. The first-order chi connectivity index (χ1) is 11.9. The van der Waals surface area contributed by atoms with Gasteiger partial charge in [-0.2, -0.15) is 0 Å².